The normalized spacial score (nSPS) is 11.1. The fourth-order valence-corrected chi connectivity index (χ4v) is 2.19. The van der Waals surface area contributed by atoms with Gasteiger partial charge in [0.2, 0.25) is 0 Å². The molecule has 0 fully saturated rings. The fourth-order valence-electron chi connectivity index (χ4n) is 1.73. The molecule has 0 spiro atoms. The van der Waals surface area contributed by atoms with Crippen LogP contribution in [0.2, 0.25) is 0 Å². The zero-order valence-electron chi connectivity index (χ0n) is 11.9. The lowest BCUT2D eigenvalue weighted by molar-refractivity contribution is 0.381. The quantitative estimate of drug-likeness (QED) is 0.837. The minimum atomic E-state index is 0.0137. The van der Waals surface area contributed by atoms with Gasteiger partial charge in [0.15, 0.2) is 5.11 Å². The van der Waals surface area contributed by atoms with E-state index in [2.05, 4.69) is 62.2 Å². The zero-order chi connectivity index (χ0) is 13.6. The summed E-state index contributed by atoms with van der Waals surface area (Å²) in [4.78, 5) is 2.23. The molecule has 1 N–H and O–H groups in total. The largest absolute Gasteiger partial charge is 0.358 e. The number of hydrogen-bond acceptors (Lipinski definition) is 1. The monoisotopic (exact) mass is 264 g/mol. The van der Waals surface area contributed by atoms with Gasteiger partial charge in [-0.1, -0.05) is 37.3 Å². The van der Waals surface area contributed by atoms with Crippen molar-refractivity contribution in [1.82, 2.24) is 10.2 Å². The molecule has 1 aromatic rings. The maximum atomic E-state index is 5.50. The molecule has 0 radical (unpaired) electrons. The molecule has 1 rings (SSSR count). The summed E-state index contributed by atoms with van der Waals surface area (Å²) in [7, 11) is 0. The first kappa shape index (κ1) is 15.0. The lowest BCUT2D eigenvalue weighted by atomic mass is 10.1. The van der Waals surface area contributed by atoms with E-state index in [9.17, 15) is 0 Å². The lowest BCUT2D eigenvalue weighted by Crippen LogP contribution is -2.48. The highest BCUT2D eigenvalue weighted by atomic mass is 32.1. The molecule has 18 heavy (non-hydrogen) atoms. The van der Waals surface area contributed by atoms with Gasteiger partial charge in [-0.3, -0.25) is 0 Å². The smallest absolute Gasteiger partial charge is 0.169 e. The van der Waals surface area contributed by atoms with E-state index in [4.69, 9.17) is 12.2 Å². The Morgan fingerprint density at radius 1 is 1.22 bits per heavy atom. The van der Waals surface area contributed by atoms with E-state index in [1.165, 1.54) is 5.56 Å². The van der Waals surface area contributed by atoms with Gasteiger partial charge in [-0.25, -0.2) is 0 Å². The number of rotatable bonds is 4. The highest BCUT2D eigenvalue weighted by molar-refractivity contribution is 7.80. The summed E-state index contributed by atoms with van der Waals surface area (Å²) in [5.74, 6) is 0. The molecule has 1 aromatic carbocycles. The van der Waals surface area contributed by atoms with Crippen LogP contribution in [0.15, 0.2) is 30.3 Å². The van der Waals surface area contributed by atoms with E-state index in [1.54, 1.807) is 0 Å². The van der Waals surface area contributed by atoms with Crippen molar-refractivity contribution in [2.75, 3.05) is 6.54 Å². The standard InChI is InChI=1S/C15H24N2S/c1-5-11-17(14(18)16-15(2,3)4)12-13-9-7-6-8-10-13/h6-10H,5,11-12H2,1-4H3,(H,16,18). The van der Waals surface area contributed by atoms with E-state index in [0.717, 1.165) is 24.6 Å². The van der Waals surface area contributed by atoms with Gasteiger partial charge in [0.05, 0.1) is 0 Å². The van der Waals surface area contributed by atoms with Crippen LogP contribution in [0.25, 0.3) is 0 Å². The van der Waals surface area contributed by atoms with Gasteiger partial charge in [-0.2, -0.15) is 0 Å². The average Bonchev–Trinajstić information content (AvgIpc) is 2.27. The summed E-state index contributed by atoms with van der Waals surface area (Å²) < 4.78 is 0. The van der Waals surface area contributed by atoms with Crippen LogP contribution in [0, 0.1) is 0 Å². The van der Waals surface area contributed by atoms with Crippen molar-refractivity contribution in [2.45, 2.75) is 46.2 Å². The van der Waals surface area contributed by atoms with Crippen LogP contribution in [-0.4, -0.2) is 22.1 Å². The Balaban J connectivity index is 2.68. The van der Waals surface area contributed by atoms with Crippen molar-refractivity contribution < 1.29 is 0 Å². The molecule has 100 valence electrons. The first-order valence-electron chi connectivity index (χ1n) is 6.53. The van der Waals surface area contributed by atoms with Crippen molar-refractivity contribution in [3.05, 3.63) is 35.9 Å². The molecule has 0 bridgehead atoms. The maximum Gasteiger partial charge on any atom is 0.169 e. The third kappa shape index (κ3) is 5.50. The van der Waals surface area contributed by atoms with Gasteiger partial charge in [0.1, 0.15) is 0 Å². The minimum absolute atomic E-state index is 0.0137. The Morgan fingerprint density at radius 3 is 2.33 bits per heavy atom. The Morgan fingerprint density at radius 2 is 1.83 bits per heavy atom. The summed E-state index contributed by atoms with van der Waals surface area (Å²) in [5.41, 5.74) is 1.31. The fraction of sp³-hybridized carbons (Fsp3) is 0.533. The Labute approximate surface area is 116 Å². The number of thiocarbonyl (C=S) groups is 1. The van der Waals surface area contributed by atoms with Crippen LogP contribution in [0.3, 0.4) is 0 Å². The number of hydrogen-bond donors (Lipinski definition) is 1. The van der Waals surface area contributed by atoms with E-state index < -0.39 is 0 Å². The molecule has 2 nitrogen and oxygen atoms in total. The minimum Gasteiger partial charge on any atom is -0.358 e. The van der Waals surface area contributed by atoms with Crippen LogP contribution in [0.4, 0.5) is 0 Å². The molecular weight excluding hydrogens is 240 g/mol. The molecule has 0 aliphatic heterocycles. The molecule has 0 saturated heterocycles. The summed E-state index contributed by atoms with van der Waals surface area (Å²) in [6.45, 7) is 10.4. The first-order chi connectivity index (χ1) is 8.42. The molecule has 0 heterocycles. The summed E-state index contributed by atoms with van der Waals surface area (Å²) in [5, 5.41) is 4.22. The molecule has 0 unspecified atom stereocenters. The van der Waals surface area contributed by atoms with Crippen LogP contribution in [0.5, 0.6) is 0 Å². The van der Waals surface area contributed by atoms with Crippen LogP contribution in [-0.2, 0) is 6.54 Å². The van der Waals surface area contributed by atoms with E-state index in [-0.39, 0.29) is 5.54 Å². The molecule has 3 heteroatoms. The molecule has 0 saturated carbocycles. The Hall–Kier alpha value is -1.09. The average molecular weight is 264 g/mol. The second-order valence-electron chi connectivity index (χ2n) is 5.59. The predicted molar refractivity (Wildman–Crippen MR) is 82.6 cm³/mol. The molecular formula is C15H24N2S. The van der Waals surface area contributed by atoms with Gasteiger partial charge in [0, 0.05) is 18.6 Å². The number of benzene rings is 1. The van der Waals surface area contributed by atoms with Crippen molar-refractivity contribution in [2.24, 2.45) is 0 Å². The molecule has 0 aliphatic carbocycles. The van der Waals surface area contributed by atoms with Gasteiger partial charge >= 0.3 is 0 Å². The van der Waals surface area contributed by atoms with Crippen LogP contribution in [0.1, 0.15) is 39.7 Å². The van der Waals surface area contributed by atoms with Crippen molar-refractivity contribution in [3.63, 3.8) is 0 Å². The van der Waals surface area contributed by atoms with Gasteiger partial charge in [-0.05, 0) is 45.0 Å². The van der Waals surface area contributed by atoms with E-state index >= 15 is 0 Å². The van der Waals surface area contributed by atoms with Crippen LogP contribution >= 0.6 is 12.2 Å². The topological polar surface area (TPSA) is 15.3 Å². The number of nitrogens with zero attached hydrogens (tertiary/aromatic N) is 1. The maximum absolute atomic E-state index is 5.50. The summed E-state index contributed by atoms with van der Waals surface area (Å²) >= 11 is 5.50. The summed E-state index contributed by atoms with van der Waals surface area (Å²) in [6, 6.07) is 10.5. The Kier molecular flexibility index (Phi) is 5.60. The highest BCUT2D eigenvalue weighted by Crippen LogP contribution is 2.08. The molecule has 0 amide bonds. The van der Waals surface area contributed by atoms with E-state index in [1.807, 2.05) is 6.07 Å². The van der Waals surface area contributed by atoms with Gasteiger partial charge in [0.25, 0.3) is 0 Å². The summed E-state index contributed by atoms with van der Waals surface area (Å²) in [6.07, 6.45) is 1.10. The number of nitrogens with one attached hydrogen (secondary N) is 1. The van der Waals surface area contributed by atoms with Crippen molar-refractivity contribution in [1.29, 1.82) is 0 Å². The first-order valence-corrected chi connectivity index (χ1v) is 6.94. The predicted octanol–water partition coefficient (Wildman–Crippen LogP) is 3.57. The third-order valence-electron chi connectivity index (χ3n) is 2.48. The second-order valence-corrected chi connectivity index (χ2v) is 5.97. The molecule has 0 atom stereocenters. The lowest BCUT2D eigenvalue weighted by Gasteiger charge is -2.31. The van der Waals surface area contributed by atoms with Gasteiger partial charge in [-0.15, -0.1) is 0 Å². The molecule has 0 aromatic heterocycles. The zero-order valence-corrected chi connectivity index (χ0v) is 12.7. The van der Waals surface area contributed by atoms with Crippen LogP contribution < -0.4 is 5.32 Å². The third-order valence-corrected chi connectivity index (χ3v) is 2.84. The highest BCUT2D eigenvalue weighted by Gasteiger charge is 2.15. The second kappa shape index (κ2) is 6.74. The van der Waals surface area contributed by atoms with Crippen molar-refractivity contribution >= 4 is 17.3 Å². The van der Waals surface area contributed by atoms with E-state index in [0.29, 0.717) is 0 Å². The molecule has 0 aliphatic rings. The van der Waals surface area contributed by atoms with Crippen molar-refractivity contribution in [3.8, 4) is 0 Å². The SMILES string of the molecule is CCCN(Cc1ccccc1)C(=S)NC(C)(C)C. The van der Waals surface area contributed by atoms with Gasteiger partial charge < -0.3 is 10.2 Å². The Bertz CT molecular complexity index is 368.